The highest BCUT2D eigenvalue weighted by molar-refractivity contribution is 5.78. The van der Waals surface area contributed by atoms with E-state index in [1.54, 1.807) is 0 Å². The van der Waals surface area contributed by atoms with Gasteiger partial charge in [0.2, 0.25) is 0 Å². The van der Waals surface area contributed by atoms with Crippen molar-refractivity contribution in [3.63, 3.8) is 0 Å². The van der Waals surface area contributed by atoms with E-state index < -0.39 is 0 Å². The Morgan fingerprint density at radius 2 is 2.00 bits per heavy atom. The molecule has 0 saturated heterocycles. The summed E-state index contributed by atoms with van der Waals surface area (Å²) in [6.07, 6.45) is 0.881. The summed E-state index contributed by atoms with van der Waals surface area (Å²) in [5.74, 6) is 1.40. The van der Waals surface area contributed by atoms with Crippen molar-refractivity contribution in [3.8, 4) is 5.75 Å². The molecule has 3 N–H and O–H groups in total. The molecule has 0 aliphatic carbocycles. The first-order chi connectivity index (χ1) is 12.1. The van der Waals surface area contributed by atoms with Crippen LogP contribution in [0.3, 0.4) is 0 Å². The van der Waals surface area contributed by atoms with Crippen molar-refractivity contribution >= 4 is 5.96 Å². The Hall–Kier alpha value is -2.53. The van der Waals surface area contributed by atoms with Gasteiger partial charge in [-0.1, -0.05) is 42.5 Å². The number of rotatable bonds is 5. The molecule has 25 heavy (non-hydrogen) atoms. The highest BCUT2D eigenvalue weighted by atomic mass is 16.5. The first kappa shape index (κ1) is 17.3. The topological polar surface area (TPSA) is 62.9 Å². The molecule has 1 atom stereocenters. The molecular formula is C20H26N4O. The van der Waals surface area contributed by atoms with Gasteiger partial charge in [-0.05, 0) is 31.3 Å². The smallest absolute Gasteiger partial charge is 0.189 e. The summed E-state index contributed by atoms with van der Waals surface area (Å²) < 4.78 is 5.68. The molecule has 0 spiro atoms. The van der Waals surface area contributed by atoms with E-state index in [1.807, 2.05) is 18.2 Å². The molecule has 5 heteroatoms. The average Bonchev–Trinajstić information content (AvgIpc) is 2.60. The van der Waals surface area contributed by atoms with Gasteiger partial charge in [-0.25, -0.2) is 4.99 Å². The van der Waals surface area contributed by atoms with E-state index in [9.17, 15) is 0 Å². The Bertz CT molecular complexity index is 742. The van der Waals surface area contributed by atoms with Gasteiger partial charge < -0.3 is 20.7 Å². The van der Waals surface area contributed by atoms with Gasteiger partial charge in [0.15, 0.2) is 5.96 Å². The highest BCUT2D eigenvalue weighted by Crippen LogP contribution is 2.31. The second kappa shape index (κ2) is 8.03. The lowest BCUT2D eigenvalue weighted by atomic mass is 10.0. The van der Waals surface area contributed by atoms with E-state index in [4.69, 9.17) is 10.5 Å². The third-order valence-corrected chi connectivity index (χ3v) is 4.20. The minimum Gasteiger partial charge on any atom is -0.493 e. The molecule has 1 heterocycles. The van der Waals surface area contributed by atoms with Crippen molar-refractivity contribution in [3.05, 3.63) is 65.2 Å². The maximum atomic E-state index is 6.12. The van der Waals surface area contributed by atoms with E-state index in [2.05, 4.69) is 59.6 Å². The third kappa shape index (κ3) is 4.73. The van der Waals surface area contributed by atoms with Gasteiger partial charge >= 0.3 is 0 Å². The Morgan fingerprint density at radius 1 is 1.20 bits per heavy atom. The standard InChI is InChI=1S/C20H26N4O/c1-24(2)14-16-7-5-6-15(12-16)13-22-20(21)23-18-10-11-25-19-9-4-3-8-17(18)19/h3-9,12,18H,10-11,13-14H2,1-2H3,(H3,21,22,23). The fraction of sp³-hybridized carbons (Fsp3) is 0.350. The van der Waals surface area contributed by atoms with Crippen molar-refractivity contribution in [1.82, 2.24) is 10.2 Å². The van der Waals surface area contributed by atoms with Gasteiger partial charge in [0.25, 0.3) is 0 Å². The van der Waals surface area contributed by atoms with Gasteiger partial charge in [0.1, 0.15) is 5.75 Å². The molecule has 0 fully saturated rings. The molecule has 2 aromatic rings. The van der Waals surface area contributed by atoms with E-state index in [-0.39, 0.29) is 6.04 Å². The maximum absolute atomic E-state index is 6.12. The van der Waals surface area contributed by atoms with Crippen LogP contribution in [0.2, 0.25) is 0 Å². The lowest BCUT2D eigenvalue weighted by Gasteiger charge is -2.26. The number of fused-ring (bicyclic) bond motifs is 1. The normalized spacial score (nSPS) is 17.1. The lowest BCUT2D eigenvalue weighted by molar-refractivity contribution is 0.262. The zero-order chi connectivity index (χ0) is 17.6. The fourth-order valence-corrected chi connectivity index (χ4v) is 3.08. The fourth-order valence-electron chi connectivity index (χ4n) is 3.08. The Kier molecular flexibility index (Phi) is 5.56. The molecule has 1 aliphatic rings. The number of para-hydroxylation sites is 1. The molecule has 5 nitrogen and oxygen atoms in total. The number of nitrogens with one attached hydrogen (secondary N) is 1. The van der Waals surface area contributed by atoms with Crippen molar-refractivity contribution in [2.45, 2.75) is 25.6 Å². The summed E-state index contributed by atoms with van der Waals surface area (Å²) in [7, 11) is 4.14. The number of nitrogens with two attached hydrogens (primary N) is 1. The van der Waals surface area contributed by atoms with E-state index in [1.165, 1.54) is 5.56 Å². The number of benzene rings is 2. The first-order valence-electron chi connectivity index (χ1n) is 8.62. The third-order valence-electron chi connectivity index (χ3n) is 4.20. The molecule has 0 aromatic heterocycles. The minimum absolute atomic E-state index is 0.147. The second-order valence-electron chi connectivity index (χ2n) is 6.63. The number of hydrogen-bond donors (Lipinski definition) is 2. The van der Waals surface area contributed by atoms with Crippen molar-refractivity contribution < 1.29 is 4.74 Å². The number of hydrogen-bond acceptors (Lipinski definition) is 3. The monoisotopic (exact) mass is 338 g/mol. The van der Waals surface area contributed by atoms with E-state index in [0.29, 0.717) is 19.1 Å². The lowest BCUT2D eigenvalue weighted by Crippen LogP contribution is -2.37. The quantitative estimate of drug-likeness (QED) is 0.650. The summed E-state index contributed by atoms with van der Waals surface area (Å²) in [5.41, 5.74) is 9.70. The molecule has 1 aliphatic heterocycles. The zero-order valence-electron chi connectivity index (χ0n) is 14.9. The number of nitrogens with zero attached hydrogens (tertiary/aromatic N) is 2. The Balaban J connectivity index is 1.63. The summed E-state index contributed by atoms with van der Waals surface area (Å²) >= 11 is 0. The van der Waals surface area contributed by atoms with E-state index in [0.717, 1.165) is 29.8 Å². The van der Waals surface area contributed by atoms with Crippen molar-refractivity contribution in [2.75, 3.05) is 20.7 Å². The first-order valence-corrected chi connectivity index (χ1v) is 8.62. The van der Waals surface area contributed by atoms with Crippen LogP contribution in [0, 0.1) is 0 Å². The van der Waals surface area contributed by atoms with Gasteiger partial charge in [0, 0.05) is 18.5 Å². The molecule has 0 saturated carbocycles. The summed E-state index contributed by atoms with van der Waals surface area (Å²) in [6.45, 7) is 2.18. The average molecular weight is 338 g/mol. The molecule has 1 unspecified atom stereocenters. The molecule has 3 rings (SSSR count). The van der Waals surface area contributed by atoms with Crippen LogP contribution in [0.4, 0.5) is 0 Å². The van der Waals surface area contributed by atoms with Gasteiger partial charge in [-0.2, -0.15) is 0 Å². The molecular weight excluding hydrogens is 312 g/mol. The van der Waals surface area contributed by atoms with Crippen molar-refractivity contribution in [1.29, 1.82) is 0 Å². The summed E-state index contributed by atoms with van der Waals surface area (Å²) in [5, 5.41) is 3.33. The van der Waals surface area contributed by atoms with E-state index >= 15 is 0 Å². The van der Waals surface area contributed by atoms with Crippen LogP contribution in [0.1, 0.15) is 29.2 Å². The predicted octanol–water partition coefficient (Wildman–Crippen LogP) is 2.68. The predicted molar refractivity (Wildman–Crippen MR) is 102 cm³/mol. The number of ether oxygens (including phenoxy) is 1. The van der Waals surface area contributed by atoms with Crippen molar-refractivity contribution in [2.24, 2.45) is 10.7 Å². The van der Waals surface area contributed by atoms with Gasteiger partial charge in [0.05, 0.1) is 19.2 Å². The molecule has 2 aromatic carbocycles. The second-order valence-corrected chi connectivity index (χ2v) is 6.63. The SMILES string of the molecule is CN(C)Cc1cccc(CN=C(N)NC2CCOc3ccccc32)c1. The van der Waals surface area contributed by atoms with Gasteiger partial charge in [-0.3, -0.25) is 0 Å². The largest absolute Gasteiger partial charge is 0.493 e. The van der Waals surface area contributed by atoms with Crippen LogP contribution in [-0.2, 0) is 13.1 Å². The Morgan fingerprint density at radius 3 is 2.84 bits per heavy atom. The Labute approximate surface area is 149 Å². The molecule has 0 radical (unpaired) electrons. The van der Waals surface area contributed by atoms with Crippen LogP contribution in [-0.4, -0.2) is 31.6 Å². The minimum atomic E-state index is 0.147. The molecule has 132 valence electrons. The van der Waals surface area contributed by atoms with Gasteiger partial charge in [-0.15, -0.1) is 0 Å². The zero-order valence-corrected chi connectivity index (χ0v) is 14.9. The number of aliphatic imine (C=N–C) groups is 1. The molecule has 0 amide bonds. The van der Waals surface area contributed by atoms with Crippen LogP contribution in [0.25, 0.3) is 0 Å². The van der Waals surface area contributed by atoms with Crippen LogP contribution in [0.15, 0.2) is 53.5 Å². The van der Waals surface area contributed by atoms with Crippen LogP contribution >= 0.6 is 0 Å². The number of guanidine groups is 1. The van der Waals surface area contributed by atoms with Crippen LogP contribution < -0.4 is 15.8 Å². The highest BCUT2D eigenvalue weighted by Gasteiger charge is 2.21. The molecule has 0 bridgehead atoms. The maximum Gasteiger partial charge on any atom is 0.189 e. The summed E-state index contributed by atoms with van der Waals surface area (Å²) in [6, 6.07) is 16.7. The summed E-state index contributed by atoms with van der Waals surface area (Å²) in [4.78, 5) is 6.66. The van der Waals surface area contributed by atoms with Crippen LogP contribution in [0.5, 0.6) is 5.75 Å².